The third kappa shape index (κ3) is 4.24. The number of unbranched alkanes of at least 4 members (excludes halogenated alkanes) is 1. The number of carboxylic acids is 1. The molecule has 1 atom stereocenters. The van der Waals surface area contributed by atoms with Gasteiger partial charge in [0, 0.05) is 10.6 Å². The first kappa shape index (κ1) is 15.5. The summed E-state index contributed by atoms with van der Waals surface area (Å²) >= 11 is 5.94. The molecule has 0 heterocycles. The van der Waals surface area contributed by atoms with Crippen molar-refractivity contribution < 1.29 is 14.7 Å². The molecule has 0 aliphatic heterocycles. The Kier molecular flexibility index (Phi) is 5.83. The number of rotatable bonds is 6. The molecule has 2 N–H and O–H groups in total. The van der Waals surface area contributed by atoms with Gasteiger partial charge in [-0.05, 0) is 31.0 Å². The summed E-state index contributed by atoms with van der Waals surface area (Å²) in [7, 11) is 0. The van der Waals surface area contributed by atoms with E-state index in [2.05, 4.69) is 5.32 Å². The highest BCUT2D eigenvalue weighted by molar-refractivity contribution is 6.31. The Balaban J connectivity index is 2.82. The van der Waals surface area contributed by atoms with E-state index in [0.29, 0.717) is 22.6 Å². The molecule has 1 amide bonds. The predicted molar refractivity (Wildman–Crippen MR) is 74.6 cm³/mol. The number of hydrogen-bond acceptors (Lipinski definition) is 2. The minimum Gasteiger partial charge on any atom is -0.480 e. The van der Waals surface area contributed by atoms with E-state index >= 15 is 0 Å². The van der Waals surface area contributed by atoms with Crippen molar-refractivity contribution in [1.82, 2.24) is 5.32 Å². The molecule has 1 aromatic carbocycles. The minimum absolute atomic E-state index is 0.400. The molecular formula is C14H18ClNO3. The highest BCUT2D eigenvalue weighted by Gasteiger charge is 2.21. The van der Waals surface area contributed by atoms with Crippen LogP contribution in [-0.4, -0.2) is 23.0 Å². The van der Waals surface area contributed by atoms with Gasteiger partial charge in [0.1, 0.15) is 6.04 Å². The third-order valence-electron chi connectivity index (χ3n) is 2.96. The Hall–Kier alpha value is -1.55. The molecule has 104 valence electrons. The van der Waals surface area contributed by atoms with E-state index in [1.54, 1.807) is 25.1 Å². The van der Waals surface area contributed by atoms with Crippen LogP contribution < -0.4 is 5.32 Å². The van der Waals surface area contributed by atoms with Gasteiger partial charge in [-0.3, -0.25) is 4.79 Å². The monoisotopic (exact) mass is 283 g/mol. The molecule has 0 spiro atoms. The van der Waals surface area contributed by atoms with Crippen LogP contribution in [0.1, 0.15) is 42.1 Å². The van der Waals surface area contributed by atoms with Crippen molar-refractivity contribution in [3.05, 3.63) is 34.3 Å². The Morgan fingerprint density at radius 3 is 2.68 bits per heavy atom. The lowest BCUT2D eigenvalue weighted by molar-refractivity contribution is -0.139. The fourth-order valence-corrected chi connectivity index (χ4v) is 1.93. The van der Waals surface area contributed by atoms with Gasteiger partial charge in [-0.1, -0.05) is 37.4 Å². The van der Waals surface area contributed by atoms with Gasteiger partial charge in [0.25, 0.3) is 5.91 Å². The Morgan fingerprint density at radius 2 is 2.11 bits per heavy atom. The number of nitrogens with one attached hydrogen (secondary N) is 1. The van der Waals surface area contributed by atoms with Crippen LogP contribution in [0.15, 0.2) is 18.2 Å². The lowest BCUT2D eigenvalue weighted by atomic mass is 10.1. The van der Waals surface area contributed by atoms with Crippen molar-refractivity contribution >= 4 is 23.5 Å². The number of carbonyl (C=O) groups is 2. The van der Waals surface area contributed by atoms with E-state index in [9.17, 15) is 9.59 Å². The Morgan fingerprint density at radius 1 is 1.42 bits per heavy atom. The molecule has 0 fully saturated rings. The van der Waals surface area contributed by atoms with Crippen LogP contribution in [0.25, 0.3) is 0 Å². The summed E-state index contributed by atoms with van der Waals surface area (Å²) in [4.78, 5) is 23.1. The molecule has 0 bridgehead atoms. The van der Waals surface area contributed by atoms with Gasteiger partial charge >= 0.3 is 5.97 Å². The summed E-state index contributed by atoms with van der Waals surface area (Å²) in [5, 5.41) is 12.1. The molecule has 0 saturated carbocycles. The zero-order valence-electron chi connectivity index (χ0n) is 11.1. The van der Waals surface area contributed by atoms with Gasteiger partial charge < -0.3 is 10.4 Å². The first-order chi connectivity index (χ1) is 8.97. The highest BCUT2D eigenvalue weighted by Crippen LogP contribution is 2.18. The summed E-state index contributed by atoms with van der Waals surface area (Å²) in [6, 6.07) is 4.15. The zero-order chi connectivity index (χ0) is 14.4. The molecule has 0 saturated heterocycles. The number of halogens is 1. The predicted octanol–water partition coefficient (Wildman–Crippen LogP) is 3.02. The van der Waals surface area contributed by atoms with Crippen LogP contribution in [0.4, 0.5) is 0 Å². The van der Waals surface area contributed by atoms with Gasteiger partial charge in [0.15, 0.2) is 0 Å². The van der Waals surface area contributed by atoms with Crippen molar-refractivity contribution in [2.24, 2.45) is 0 Å². The van der Waals surface area contributed by atoms with Crippen LogP contribution in [0, 0.1) is 6.92 Å². The van der Waals surface area contributed by atoms with Crippen LogP contribution in [-0.2, 0) is 4.79 Å². The average Bonchev–Trinajstić information content (AvgIpc) is 2.37. The summed E-state index contributed by atoms with van der Waals surface area (Å²) in [5.74, 6) is -1.41. The quantitative estimate of drug-likeness (QED) is 0.843. The van der Waals surface area contributed by atoms with Gasteiger partial charge in [-0.25, -0.2) is 4.79 Å². The number of hydrogen-bond donors (Lipinski definition) is 2. The van der Waals surface area contributed by atoms with Gasteiger partial charge in [0.05, 0.1) is 0 Å². The van der Waals surface area contributed by atoms with Gasteiger partial charge in [-0.15, -0.1) is 0 Å². The first-order valence-electron chi connectivity index (χ1n) is 6.26. The van der Waals surface area contributed by atoms with Crippen LogP contribution in [0.2, 0.25) is 5.02 Å². The second-order valence-corrected chi connectivity index (χ2v) is 4.83. The maximum Gasteiger partial charge on any atom is 0.326 e. The number of benzene rings is 1. The standard InChI is InChI=1S/C14H18ClNO3/c1-3-4-8-12(14(18)19)16-13(17)10-6-5-7-11(15)9(10)2/h5-7,12H,3-4,8H2,1-2H3,(H,16,17)(H,18,19). The van der Waals surface area contributed by atoms with E-state index < -0.39 is 17.9 Å². The number of amides is 1. The second kappa shape index (κ2) is 7.14. The number of aliphatic carboxylic acids is 1. The minimum atomic E-state index is -1.01. The zero-order valence-corrected chi connectivity index (χ0v) is 11.8. The first-order valence-corrected chi connectivity index (χ1v) is 6.64. The van der Waals surface area contributed by atoms with Gasteiger partial charge in [0.2, 0.25) is 0 Å². The van der Waals surface area contributed by atoms with Gasteiger partial charge in [-0.2, -0.15) is 0 Å². The third-order valence-corrected chi connectivity index (χ3v) is 3.37. The van der Waals surface area contributed by atoms with E-state index in [1.165, 1.54) is 0 Å². The highest BCUT2D eigenvalue weighted by atomic mass is 35.5. The molecule has 1 unspecified atom stereocenters. The van der Waals surface area contributed by atoms with Crippen LogP contribution in [0.3, 0.4) is 0 Å². The summed E-state index contributed by atoms with van der Waals surface area (Å²) < 4.78 is 0. The molecule has 1 aromatic rings. The molecule has 0 aromatic heterocycles. The average molecular weight is 284 g/mol. The lowest BCUT2D eigenvalue weighted by Crippen LogP contribution is -2.41. The molecule has 19 heavy (non-hydrogen) atoms. The Bertz CT molecular complexity index is 474. The fraction of sp³-hybridized carbons (Fsp3) is 0.429. The van der Waals surface area contributed by atoms with E-state index in [1.807, 2.05) is 6.92 Å². The molecule has 5 heteroatoms. The molecule has 0 aliphatic carbocycles. The summed E-state index contributed by atoms with van der Waals surface area (Å²) in [6.45, 7) is 3.71. The smallest absolute Gasteiger partial charge is 0.326 e. The van der Waals surface area contributed by atoms with Crippen molar-refractivity contribution in [1.29, 1.82) is 0 Å². The number of carbonyl (C=O) groups excluding carboxylic acids is 1. The van der Waals surface area contributed by atoms with Crippen molar-refractivity contribution in [2.75, 3.05) is 0 Å². The number of carboxylic acid groups (broad SMARTS) is 1. The maximum atomic E-state index is 12.1. The van der Waals surface area contributed by atoms with Crippen LogP contribution in [0.5, 0.6) is 0 Å². The maximum absolute atomic E-state index is 12.1. The lowest BCUT2D eigenvalue weighted by Gasteiger charge is -2.15. The molecule has 4 nitrogen and oxygen atoms in total. The van der Waals surface area contributed by atoms with E-state index in [0.717, 1.165) is 12.8 Å². The fourth-order valence-electron chi connectivity index (χ4n) is 1.76. The molecule has 0 aliphatic rings. The molecular weight excluding hydrogens is 266 g/mol. The SMILES string of the molecule is CCCCC(NC(=O)c1cccc(Cl)c1C)C(=O)O. The van der Waals surface area contributed by atoms with E-state index in [4.69, 9.17) is 16.7 Å². The van der Waals surface area contributed by atoms with Crippen molar-refractivity contribution in [2.45, 2.75) is 39.2 Å². The Labute approximate surface area is 117 Å². The van der Waals surface area contributed by atoms with Crippen molar-refractivity contribution in [3.63, 3.8) is 0 Å². The topological polar surface area (TPSA) is 66.4 Å². The summed E-state index contributed by atoms with van der Waals surface area (Å²) in [6.07, 6.45) is 2.07. The largest absolute Gasteiger partial charge is 0.480 e. The van der Waals surface area contributed by atoms with Crippen molar-refractivity contribution in [3.8, 4) is 0 Å². The summed E-state index contributed by atoms with van der Waals surface area (Å²) in [5.41, 5.74) is 1.07. The normalized spacial score (nSPS) is 11.9. The van der Waals surface area contributed by atoms with Crippen LogP contribution >= 0.6 is 11.6 Å². The second-order valence-electron chi connectivity index (χ2n) is 4.42. The molecule has 0 radical (unpaired) electrons. The van der Waals surface area contributed by atoms with E-state index in [-0.39, 0.29) is 0 Å². The molecule has 1 rings (SSSR count).